The molecule has 22 heavy (non-hydrogen) atoms. The van der Waals surface area contributed by atoms with E-state index in [0.717, 1.165) is 5.56 Å². The Balaban J connectivity index is 2.08. The molecule has 0 radical (unpaired) electrons. The summed E-state index contributed by atoms with van der Waals surface area (Å²) in [6.07, 6.45) is 0.652. The molecule has 1 aromatic rings. The van der Waals surface area contributed by atoms with Crippen molar-refractivity contribution in [3.8, 4) is 0 Å². The Morgan fingerprint density at radius 2 is 2.09 bits per heavy atom. The van der Waals surface area contributed by atoms with Crippen molar-refractivity contribution in [3.63, 3.8) is 0 Å². The maximum atomic E-state index is 12.0. The molecule has 122 valence electrons. The summed E-state index contributed by atoms with van der Waals surface area (Å²) in [6, 6.07) is 5.01. The maximum absolute atomic E-state index is 12.0. The van der Waals surface area contributed by atoms with Gasteiger partial charge in [-0.25, -0.2) is 13.2 Å². The van der Waals surface area contributed by atoms with Crippen LogP contribution >= 0.6 is 0 Å². The maximum Gasteiger partial charge on any atom is 0.319 e. The normalized spacial score (nSPS) is 16.8. The molecule has 0 aliphatic carbocycles. The van der Waals surface area contributed by atoms with Crippen molar-refractivity contribution in [2.75, 3.05) is 28.5 Å². The summed E-state index contributed by atoms with van der Waals surface area (Å²) in [7, 11) is -3.18. The first-order valence-electron chi connectivity index (χ1n) is 7.45. The molecule has 0 spiro atoms. The van der Waals surface area contributed by atoms with Crippen LogP contribution in [0.2, 0.25) is 0 Å². The first kappa shape index (κ1) is 16.6. The molecule has 0 atom stereocenters. The molecule has 1 aliphatic rings. The summed E-state index contributed by atoms with van der Waals surface area (Å²) in [5, 5.41) is 5.54. The quantitative estimate of drug-likeness (QED) is 0.891. The van der Waals surface area contributed by atoms with Crippen molar-refractivity contribution in [2.24, 2.45) is 5.92 Å². The topological polar surface area (TPSA) is 78.5 Å². The number of aryl methyl sites for hydroxylation is 1. The van der Waals surface area contributed by atoms with Crippen LogP contribution in [-0.4, -0.2) is 33.3 Å². The van der Waals surface area contributed by atoms with E-state index >= 15 is 0 Å². The Bertz CT molecular complexity index is 656. The van der Waals surface area contributed by atoms with Gasteiger partial charge in [-0.1, -0.05) is 13.8 Å². The molecule has 7 heteroatoms. The number of sulfonamides is 1. The number of rotatable bonds is 4. The van der Waals surface area contributed by atoms with Crippen LogP contribution in [-0.2, 0) is 10.0 Å². The monoisotopic (exact) mass is 325 g/mol. The second-order valence-electron chi connectivity index (χ2n) is 5.97. The van der Waals surface area contributed by atoms with Gasteiger partial charge in [0, 0.05) is 18.8 Å². The zero-order valence-electron chi connectivity index (χ0n) is 13.2. The average molecular weight is 325 g/mol. The highest BCUT2D eigenvalue weighted by Crippen LogP contribution is 2.29. The molecule has 6 nitrogen and oxygen atoms in total. The zero-order chi connectivity index (χ0) is 16.3. The number of nitrogens with one attached hydrogen (secondary N) is 2. The van der Waals surface area contributed by atoms with Gasteiger partial charge in [-0.2, -0.15) is 0 Å². The van der Waals surface area contributed by atoms with Gasteiger partial charge in [-0.15, -0.1) is 0 Å². The number of carbonyl (C=O) groups is 1. The van der Waals surface area contributed by atoms with Gasteiger partial charge in [0.05, 0.1) is 11.4 Å². The lowest BCUT2D eigenvalue weighted by atomic mass is 10.1. The number of anilines is 2. The molecule has 1 heterocycles. The van der Waals surface area contributed by atoms with Gasteiger partial charge in [0.15, 0.2) is 0 Å². The number of urea groups is 1. The highest BCUT2D eigenvalue weighted by atomic mass is 32.2. The molecule has 1 saturated heterocycles. The van der Waals surface area contributed by atoms with E-state index in [2.05, 4.69) is 10.6 Å². The van der Waals surface area contributed by atoms with E-state index in [4.69, 9.17) is 0 Å². The minimum atomic E-state index is -3.18. The van der Waals surface area contributed by atoms with Gasteiger partial charge in [-0.05, 0) is 43.0 Å². The number of amides is 2. The zero-order valence-corrected chi connectivity index (χ0v) is 14.0. The smallest absolute Gasteiger partial charge is 0.319 e. The van der Waals surface area contributed by atoms with Gasteiger partial charge >= 0.3 is 6.03 Å². The number of benzene rings is 1. The highest BCUT2D eigenvalue weighted by molar-refractivity contribution is 7.93. The fourth-order valence-electron chi connectivity index (χ4n) is 2.40. The minimum absolute atomic E-state index is 0.198. The van der Waals surface area contributed by atoms with E-state index in [1.807, 2.05) is 20.8 Å². The van der Waals surface area contributed by atoms with Crippen LogP contribution in [0, 0.1) is 12.8 Å². The van der Waals surface area contributed by atoms with Crippen molar-refractivity contribution >= 4 is 27.4 Å². The molecule has 2 amide bonds. The van der Waals surface area contributed by atoms with Gasteiger partial charge in [-0.3, -0.25) is 4.31 Å². The third-order valence-electron chi connectivity index (χ3n) is 3.49. The summed E-state index contributed by atoms with van der Waals surface area (Å²) in [4.78, 5) is 11.7. The van der Waals surface area contributed by atoms with Gasteiger partial charge in [0.1, 0.15) is 0 Å². The van der Waals surface area contributed by atoms with Gasteiger partial charge in [0.25, 0.3) is 0 Å². The fraction of sp³-hybridized carbons (Fsp3) is 0.533. The molecule has 0 bridgehead atoms. The Morgan fingerprint density at radius 3 is 2.64 bits per heavy atom. The van der Waals surface area contributed by atoms with Gasteiger partial charge < -0.3 is 10.6 Å². The molecular weight excluding hydrogens is 302 g/mol. The highest BCUT2D eigenvalue weighted by Gasteiger charge is 2.29. The van der Waals surface area contributed by atoms with Crippen molar-refractivity contribution in [1.29, 1.82) is 0 Å². The van der Waals surface area contributed by atoms with Crippen LogP contribution in [0.4, 0.5) is 16.2 Å². The summed E-state index contributed by atoms with van der Waals surface area (Å²) in [5.74, 6) is 0.583. The van der Waals surface area contributed by atoms with E-state index in [1.54, 1.807) is 18.2 Å². The predicted octanol–water partition coefficient (Wildman–Crippen LogP) is 2.31. The van der Waals surface area contributed by atoms with E-state index in [9.17, 15) is 13.2 Å². The lowest BCUT2D eigenvalue weighted by Crippen LogP contribution is -2.31. The Labute approximate surface area is 131 Å². The van der Waals surface area contributed by atoms with E-state index in [1.165, 1.54) is 4.31 Å². The first-order chi connectivity index (χ1) is 10.3. The first-order valence-corrected chi connectivity index (χ1v) is 9.06. The van der Waals surface area contributed by atoms with E-state index in [0.29, 0.717) is 36.8 Å². The molecule has 2 rings (SSSR count). The van der Waals surface area contributed by atoms with Crippen molar-refractivity contribution in [2.45, 2.75) is 27.2 Å². The Kier molecular flexibility index (Phi) is 4.95. The predicted molar refractivity (Wildman–Crippen MR) is 88.8 cm³/mol. The van der Waals surface area contributed by atoms with Crippen LogP contribution in [0.15, 0.2) is 18.2 Å². The third-order valence-corrected chi connectivity index (χ3v) is 5.35. The molecule has 0 unspecified atom stereocenters. The van der Waals surface area contributed by atoms with Gasteiger partial charge in [0.2, 0.25) is 10.0 Å². The second kappa shape index (κ2) is 6.56. The number of nitrogens with zero attached hydrogens (tertiary/aromatic N) is 1. The number of hydrogen-bond donors (Lipinski definition) is 2. The van der Waals surface area contributed by atoms with Crippen molar-refractivity contribution in [3.05, 3.63) is 23.8 Å². The summed E-state index contributed by atoms with van der Waals surface area (Å²) in [5.41, 5.74) is 2.16. The Morgan fingerprint density at radius 1 is 1.36 bits per heavy atom. The molecule has 0 saturated carbocycles. The van der Waals surface area contributed by atoms with Crippen molar-refractivity contribution < 1.29 is 13.2 Å². The van der Waals surface area contributed by atoms with Crippen LogP contribution < -0.4 is 14.9 Å². The molecule has 0 aromatic heterocycles. The lowest BCUT2D eigenvalue weighted by Gasteiger charge is -2.20. The van der Waals surface area contributed by atoms with Crippen molar-refractivity contribution in [1.82, 2.24) is 5.32 Å². The third kappa shape index (κ3) is 3.91. The standard InChI is InChI=1S/C15H23N3O3S/c1-11(2)10-16-15(19)17-13-5-6-14(12(3)9-13)18-7-4-8-22(18,20)21/h5-6,9,11H,4,7-8,10H2,1-3H3,(H2,16,17,19). The number of hydrogen-bond acceptors (Lipinski definition) is 3. The summed E-state index contributed by atoms with van der Waals surface area (Å²) < 4.78 is 25.4. The largest absolute Gasteiger partial charge is 0.338 e. The minimum Gasteiger partial charge on any atom is -0.338 e. The fourth-order valence-corrected chi connectivity index (χ4v) is 4.02. The Hall–Kier alpha value is -1.76. The molecule has 1 fully saturated rings. The summed E-state index contributed by atoms with van der Waals surface area (Å²) in [6.45, 7) is 7.02. The van der Waals surface area contributed by atoms with E-state index < -0.39 is 10.0 Å². The van der Waals surface area contributed by atoms with Crippen LogP contribution in [0.25, 0.3) is 0 Å². The summed E-state index contributed by atoms with van der Waals surface area (Å²) >= 11 is 0. The van der Waals surface area contributed by atoms with E-state index in [-0.39, 0.29) is 11.8 Å². The van der Waals surface area contributed by atoms with Crippen LogP contribution in [0.5, 0.6) is 0 Å². The van der Waals surface area contributed by atoms with Crippen LogP contribution in [0.3, 0.4) is 0 Å². The average Bonchev–Trinajstić information content (AvgIpc) is 2.76. The second-order valence-corrected chi connectivity index (χ2v) is 7.98. The van der Waals surface area contributed by atoms with Crippen LogP contribution in [0.1, 0.15) is 25.8 Å². The molecular formula is C15H23N3O3S. The molecule has 1 aromatic carbocycles. The molecule has 1 aliphatic heterocycles. The molecule has 2 N–H and O–H groups in total. The SMILES string of the molecule is Cc1cc(NC(=O)NCC(C)C)ccc1N1CCCS1(=O)=O. The number of carbonyl (C=O) groups excluding carboxylic acids is 1. The lowest BCUT2D eigenvalue weighted by molar-refractivity contribution is 0.251.